The fourth-order valence-electron chi connectivity index (χ4n) is 1.12. The normalized spacial score (nSPS) is 19.5. The van der Waals surface area contributed by atoms with Crippen molar-refractivity contribution in [2.24, 2.45) is 0 Å². The first-order chi connectivity index (χ1) is 8.43. The zero-order valence-corrected chi connectivity index (χ0v) is 12.5. The zero-order valence-electron chi connectivity index (χ0n) is 11.7. The Morgan fingerprint density at radius 1 is 1.50 bits per heavy atom. The van der Waals surface area contributed by atoms with Gasteiger partial charge in [0.2, 0.25) is 5.91 Å². The van der Waals surface area contributed by atoms with E-state index in [9.17, 15) is 13.6 Å². The van der Waals surface area contributed by atoms with Crippen molar-refractivity contribution in [2.75, 3.05) is 6.54 Å². The number of piperidine rings is 1. The summed E-state index contributed by atoms with van der Waals surface area (Å²) in [5, 5.41) is 3.38. The Labute approximate surface area is 112 Å². The Morgan fingerprint density at radius 3 is 2.22 bits per heavy atom. The Morgan fingerprint density at radius 2 is 2.06 bits per heavy atom. The Kier molecular flexibility index (Phi) is 16.0. The minimum atomic E-state index is -2.67. The monoisotopic (exact) mass is 281 g/mol. The molecule has 0 aromatic carbocycles. The molecule has 1 amide bonds. The van der Waals surface area contributed by atoms with Gasteiger partial charge in [-0.25, -0.2) is 9.69 Å². The van der Waals surface area contributed by atoms with Gasteiger partial charge in [0.25, 0.3) is 0 Å². The summed E-state index contributed by atoms with van der Waals surface area (Å²) in [4.78, 5) is 9.84. The van der Waals surface area contributed by atoms with Crippen LogP contribution in [0.5, 0.6) is 0 Å². The molecular formula is C11H25N2O4S-. The SMILES string of the molecule is CC(=O)NOS(=O)[O-].CC1CCCCN1.CCC. The lowest BCUT2D eigenvalue weighted by atomic mass is 10.1. The Balaban J connectivity index is 0. The molecule has 110 valence electrons. The molecule has 2 unspecified atom stereocenters. The maximum atomic E-state index is 9.84. The second-order valence-electron chi connectivity index (χ2n) is 4.00. The topological polar surface area (TPSA) is 90.5 Å². The van der Waals surface area contributed by atoms with Crippen molar-refractivity contribution in [1.29, 1.82) is 0 Å². The summed E-state index contributed by atoms with van der Waals surface area (Å²) in [5.41, 5.74) is 1.59. The molecule has 6 nitrogen and oxygen atoms in total. The second kappa shape index (κ2) is 14.6. The quantitative estimate of drug-likeness (QED) is 0.590. The molecule has 0 saturated carbocycles. The van der Waals surface area contributed by atoms with Gasteiger partial charge >= 0.3 is 0 Å². The maximum Gasteiger partial charge on any atom is 0.241 e. The predicted octanol–water partition coefficient (Wildman–Crippen LogP) is 1.41. The van der Waals surface area contributed by atoms with E-state index in [2.05, 4.69) is 30.4 Å². The highest BCUT2D eigenvalue weighted by atomic mass is 32.2. The summed E-state index contributed by atoms with van der Waals surface area (Å²) in [7, 11) is 0. The predicted molar refractivity (Wildman–Crippen MR) is 71.1 cm³/mol. The van der Waals surface area contributed by atoms with Crippen LogP contribution in [0.4, 0.5) is 0 Å². The summed E-state index contributed by atoms with van der Waals surface area (Å²) in [5.74, 6) is -0.561. The van der Waals surface area contributed by atoms with E-state index < -0.39 is 17.3 Å². The molecule has 1 rings (SSSR count). The van der Waals surface area contributed by atoms with Crippen molar-refractivity contribution in [2.45, 2.75) is 59.4 Å². The third-order valence-corrected chi connectivity index (χ3v) is 2.03. The molecule has 1 aliphatic rings. The number of nitrogens with one attached hydrogen (secondary N) is 2. The van der Waals surface area contributed by atoms with Crippen molar-refractivity contribution in [3.63, 3.8) is 0 Å². The standard InChI is InChI=1S/C6H13N.C3H8.C2H5NO4S/c1-6-4-2-3-5-7-6;1-3-2;1-2(4)3-7-8(5)6/h6-7H,2-5H2,1H3;3H2,1-2H3;1H3,(H,3,4)(H,5,6)/p-1. The van der Waals surface area contributed by atoms with E-state index in [0.717, 1.165) is 13.0 Å². The number of hydrogen-bond donors (Lipinski definition) is 2. The van der Waals surface area contributed by atoms with E-state index in [0.29, 0.717) is 0 Å². The van der Waals surface area contributed by atoms with E-state index in [-0.39, 0.29) is 0 Å². The first-order valence-corrected chi connectivity index (χ1v) is 7.20. The molecule has 1 heterocycles. The molecule has 2 atom stereocenters. The van der Waals surface area contributed by atoms with Crippen molar-refractivity contribution in [3.8, 4) is 0 Å². The van der Waals surface area contributed by atoms with Gasteiger partial charge in [-0.15, -0.1) is 0 Å². The van der Waals surface area contributed by atoms with Gasteiger partial charge in [0.1, 0.15) is 11.4 Å². The van der Waals surface area contributed by atoms with Gasteiger partial charge < -0.3 is 9.87 Å². The van der Waals surface area contributed by atoms with Crippen LogP contribution in [0.25, 0.3) is 0 Å². The molecule has 1 saturated heterocycles. The number of carbonyl (C=O) groups excluding carboxylic acids is 1. The molecule has 2 N–H and O–H groups in total. The van der Waals surface area contributed by atoms with Crippen LogP contribution < -0.4 is 10.8 Å². The summed E-state index contributed by atoms with van der Waals surface area (Å²) in [6, 6.07) is 0.786. The lowest BCUT2D eigenvalue weighted by Gasteiger charge is -2.18. The molecule has 0 aliphatic carbocycles. The lowest BCUT2D eigenvalue weighted by Crippen LogP contribution is -2.30. The number of amides is 1. The molecule has 18 heavy (non-hydrogen) atoms. The van der Waals surface area contributed by atoms with Crippen LogP contribution in [0.3, 0.4) is 0 Å². The van der Waals surface area contributed by atoms with Crippen LogP contribution in [0.2, 0.25) is 0 Å². The van der Waals surface area contributed by atoms with Crippen LogP contribution >= 0.6 is 0 Å². The highest BCUT2D eigenvalue weighted by Gasteiger charge is 2.04. The van der Waals surface area contributed by atoms with Gasteiger partial charge in [-0.1, -0.05) is 26.7 Å². The van der Waals surface area contributed by atoms with E-state index in [1.54, 1.807) is 5.48 Å². The van der Waals surface area contributed by atoms with Gasteiger partial charge in [-0.2, -0.15) is 4.28 Å². The highest BCUT2D eigenvalue weighted by Crippen LogP contribution is 2.04. The van der Waals surface area contributed by atoms with Gasteiger partial charge in [0.15, 0.2) is 0 Å². The fraction of sp³-hybridized carbons (Fsp3) is 0.909. The Bertz CT molecular complexity index is 207. The second-order valence-corrected chi connectivity index (χ2v) is 4.58. The number of carbonyl (C=O) groups is 1. The summed E-state index contributed by atoms with van der Waals surface area (Å²) >= 11 is -2.67. The van der Waals surface area contributed by atoms with Gasteiger partial charge in [-0.3, -0.25) is 4.79 Å². The van der Waals surface area contributed by atoms with Crippen LogP contribution in [0, 0.1) is 0 Å². The largest absolute Gasteiger partial charge is 0.748 e. The summed E-state index contributed by atoms with van der Waals surface area (Å²) in [6.07, 6.45) is 5.43. The lowest BCUT2D eigenvalue weighted by molar-refractivity contribution is -0.125. The van der Waals surface area contributed by atoms with Gasteiger partial charge in [-0.05, 0) is 26.3 Å². The van der Waals surface area contributed by atoms with Crippen molar-refractivity contribution in [3.05, 3.63) is 0 Å². The molecule has 0 spiro atoms. The van der Waals surface area contributed by atoms with Gasteiger partial charge in [0, 0.05) is 13.0 Å². The van der Waals surface area contributed by atoms with Gasteiger partial charge in [0.05, 0.1) is 0 Å². The average Bonchev–Trinajstić information content (AvgIpc) is 2.29. The third-order valence-electron chi connectivity index (χ3n) is 1.81. The number of hydrogen-bond acceptors (Lipinski definition) is 5. The summed E-state index contributed by atoms with van der Waals surface area (Å²) in [6.45, 7) is 8.87. The number of hydroxylamine groups is 1. The van der Waals surface area contributed by atoms with E-state index >= 15 is 0 Å². The van der Waals surface area contributed by atoms with E-state index in [1.165, 1.54) is 32.2 Å². The highest BCUT2D eigenvalue weighted by molar-refractivity contribution is 7.74. The molecule has 0 bridgehead atoms. The van der Waals surface area contributed by atoms with Crippen LogP contribution in [0.15, 0.2) is 0 Å². The zero-order chi connectivity index (χ0) is 14.4. The third kappa shape index (κ3) is 20.9. The van der Waals surface area contributed by atoms with E-state index in [4.69, 9.17) is 0 Å². The molecular weight excluding hydrogens is 256 g/mol. The molecule has 7 heteroatoms. The van der Waals surface area contributed by atoms with Crippen LogP contribution in [-0.4, -0.2) is 27.3 Å². The average molecular weight is 281 g/mol. The van der Waals surface area contributed by atoms with Crippen molar-refractivity contribution < 1.29 is 17.8 Å². The first-order valence-electron chi connectivity index (χ1n) is 6.20. The first kappa shape index (κ1) is 19.8. The van der Waals surface area contributed by atoms with Crippen molar-refractivity contribution in [1.82, 2.24) is 10.8 Å². The van der Waals surface area contributed by atoms with Crippen LogP contribution in [0.1, 0.15) is 53.4 Å². The molecule has 1 aliphatic heterocycles. The fourth-order valence-corrected chi connectivity index (χ4v) is 1.30. The Hall–Kier alpha value is -0.500. The minimum absolute atomic E-state index is 0.561. The number of rotatable bonds is 2. The van der Waals surface area contributed by atoms with E-state index in [1.807, 2.05) is 0 Å². The van der Waals surface area contributed by atoms with Crippen molar-refractivity contribution >= 4 is 17.3 Å². The van der Waals surface area contributed by atoms with Crippen LogP contribution in [-0.2, 0) is 20.4 Å². The molecule has 1 fully saturated rings. The summed E-state index contributed by atoms with van der Waals surface area (Å²) < 4.78 is 22.6. The maximum absolute atomic E-state index is 9.84. The molecule has 0 radical (unpaired) electrons. The molecule has 0 aromatic rings. The minimum Gasteiger partial charge on any atom is -0.748 e. The molecule has 0 aromatic heterocycles. The smallest absolute Gasteiger partial charge is 0.241 e.